The lowest BCUT2D eigenvalue weighted by Gasteiger charge is -2.26. The number of nitrogens with zero attached hydrogens (tertiary/aromatic N) is 5. The molecule has 2 aromatic rings. The first kappa shape index (κ1) is 19.5. The third kappa shape index (κ3) is 3.52. The van der Waals surface area contributed by atoms with Crippen molar-refractivity contribution in [2.24, 2.45) is 24.8 Å². The molecule has 3 atom stereocenters. The van der Waals surface area contributed by atoms with Gasteiger partial charge in [-0.05, 0) is 12.0 Å². The van der Waals surface area contributed by atoms with Gasteiger partial charge in [0.1, 0.15) is 0 Å². The number of halogens is 1. The molecule has 0 aromatic carbocycles. The van der Waals surface area contributed by atoms with Crippen molar-refractivity contribution in [3.63, 3.8) is 0 Å². The zero-order chi connectivity index (χ0) is 20.9. The van der Waals surface area contributed by atoms with E-state index in [1.807, 2.05) is 16.8 Å². The molecule has 2 aliphatic rings. The maximum absolute atomic E-state index is 14.1. The minimum atomic E-state index is -0.510. The van der Waals surface area contributed by atoms with Gasteiger partial charge < -0.3 is 9.80 Å². The summed E-state index contributed by atoms with van der Waals surface area (Å²) in [6, 6.07) is 3.09. The van der Waals surface area contributed by atoms with Crippen molar-refractivity contribution in [3.05, 3.63) is 40.7 Å². The molecular formula is C21H26FN5O2. The van der Waals surface area contributed by atoms with Crippen LogP contribution < -0.4 is 10.5 Å². The number of hydrogen-bond donors (Lipinski definition) is 0. The third-order valence-corrected chi connectivity index (χ3v) is 6.01. The van der Waals surface area contributed by atoms with Crippen LogP contribution in [0.2, 0.25) is 0 Å². The molecule has 1 aliphatic carbocycles. The molecule has 1 saturated carbocycles. The summed E-state index contributed by atoms with van der Waals surface area (Å²) < 4.78 is 15.6. The van der Waals surface area contributed by atoms with E-state index in [-0.39, 0.29) is 23.1 Å². The smallest absolute Gasteiger partial charge is 0.255 e. The van der Waals surface area contributed by atoms with Crippen LogP contribution in [-0.2, 0) is 11.8 Å². The molecule has 0 N–H and O–H groups in total. The van der Waals surface area contributed by atoms with Crippen LogP contribution >= 0.6 is 0 Å². The maximum Gasteiger partial charge on any atom is 0.255 e. The second kappa shape index (κ2) is 7.24. The van der Waals surface area contributed by atoms with Gasteiger partial charge in [-0.2, -0.15) is 0 Å². The molecule has 0 radical (unpaired) electrons. The van der Waals surface area contributed by atoms with Crippen LogP contribution in [0.4, 0.5) is 10.3 Å². The molecule has 4 rings (SSSR count). The Morgan fingerprint density at radius 1 is 1.34 bits per heavy atom. The summed E-state index contributed by atoms with van der Waals surface area (Å²) in [6.45, 7) is 5.60. The van der Waals surface area contributed by atoms with E-state index in [0.717, 1.165) is 19.3 Å². The molecule has 0 spiro atoms. The topological polar surface area (TPSA) is 71.3 Å². The van der Waals surface area contributed by atoms with Crippen molar-refractivity contribution >= 4 is 11.9 Å². The zero-order valence-electron chi connectivity index (χ0n) is 17.2. The molecule has 3 heterocycles. The van der Waals surface area contributed by atoms with Gasteiger partial charge in [0, 0.05) is 69.3 Å². The normalized spacial score (nSPS) is 22.7. The lowest BCUT2D eigenvalue weighted by Crippen LogP contribution is -2.38. The van der Waals surface area contributed by atoms with Crippen molar-refractivity contribution in [1.82, 2.24) is 19.4 Å². The average molecular weight is 399 g/mol. The SMILES string of the molecule is CC(C)CC(=O)N1C[C@@H]2[C@H](C1)[C@@H]2N(C)c1nc(-c2ccncc2F)cc(=O)n1C. The fourth-order valence-corrected chi connectivity index (χ4v) is 4.45. The Hall–Kier alpha value is -2.77. The highest BCUT2D eigenvalue weighted by molar-refractivity contribution is 5.77. The number of aromatic nitrogens is 3. The Morgan fingerprint density at radius 2 is 2.03 bits per heavy atom. The van der Waals surface area contributed by atoms with Crippen molar-refractivity contribution < 1.29 is 9.18 Å². The van der Waals surface area contributed by atoms with Gasteiger partial charge in [-0.25, -0.2) is 9.37 Å². The van der Waals surface area contributed by atoms with E-state index < -0.39 is 5.82 Å². The quantitative estimate of drug-likeness (QED) is 0.768. The predicted molar refractivity (Wildman–Crippen MR) is 108 cm³/mol. The number of likely N-dealkylation sites (tertiary alicyclic amines) is 1. The molecule has 2 aromatic heterocycles. The Labute approximate surface area is 169 Å². The third-order valence-electron chi connectivity index (χ3n) is 6.01. The van der Waals surface area contributed by atoms with Crippen LogP contribution in [0.5, 0.6) is 0 Å². The highest BCUT2D eigenvalue weighted by atomic mass is 19.1. The number of fused-ring (bicyclic) bond motifs is 1. The van der Waals surface area contributed by atoms with Gasteiger partial charge in [0.05, 0.1) is 11.9 Å². The second-order valence-electron chi connectivity index (χ2n) is 8.52. The van der Waals surface area contributed by atoms with E-state index in [2.05, 4.69) is 23.8 Å². The van der Waals surface area contributed by atoms with E-state index in [1.54, 1.807) is 7.05 Å². The monoisotopic (exact) mass is 399 g/mol. The van der Waals surface area contributed by atoms with Crippen LogP contribution in [0.25, 0.3) is 11.3 Å². The molecule has 1 amide bonds. The van der Waals surface area contributed by atoms with E-state index in [4.69, 9.17) is 0 Å². The zero-order valence-corrected chi connectivity index (χ0v) is 17.2. The second-order valence-corrected chi connectivity index (χ2v) is 8.52. The van der Waals surface area contributed by atoms with E-state index in [1.165, 1.54) is 22.9 Å². The van der Waals surface area contributed by atoms with Gasteiger partial charge in [0.2, 0.25) is 11.9 Å². The number of amides is 1. The van der Waals surface area contributed by atoms with Crippen molar-refractivity contribution in [2.75, 3.05) is 25.0 Å². The Morgan fingerprint density at radius 3 is 2.66 bits per heavy atom. The highest BCUT2D eigenvalue weighted by Crippen LogP contribution is 2.49. The molecule has 0 bridgehead atoms. The average Bonchev–Trinajstić information content (AvgIpc) is 3.16. The molecule has 7 nitrogen and oxygen atoms in total. The largest absolute Gasteiger partial charge is 0.342 e. The number of carbonyl (C=O) groups is 1. The van der Waals surface area contributed by atoms with Gasteiger partial charge in [-0.1, -0.05) is 13.8 Å². The highest BCUT2D eigenvalue weighted by Gasteiger charge is 2.59. The number of pyridine rings is 1. The van der Waals surface area contributed by atoms with Crippen LogP contribution in [0.1, 0.15) is 20.3 Å². The first-order chi connectivity index (χ1) is 13.8. The standard InChI is InChI=1S/C21H26FN5O2/c1-12(2)7-19(29)27-10-14-15(11-27)20(14)26(4)21-24-17(8-18(28)25(21)3)13-5-6-23-9-16(13)22/h5-6,8-9,12,14-15,20H,7,10-11H2,1-4H3/t14-,15+,20-. The Bertz CT molecular complexity index is 993. The molecule has 29 heavy (non-hydrogen) atoms. The molecule has 154 valence electrons. The summed E-state index contributed by atoms with van der Waals surface area (Å²) in [4.78, 5) is 37.1. The molecule has 2 fully saturated rings. The van der Waals surface area contributed by atoms with E-state index in [9.17, 15) is 14.0 Å². The molecule has 1 saturated heterocycles. The number of hydrogen-bond acceptors (Lipinski definition) is 5. The van der Waals surface area contributed by atoms with Crippen LogP contribution in [-0.4, -0.2) is 51.5 Å². The van der Waals surface area contributed by atoms with Gasteiger partial charge in [-0.3, -0.25) is 19.1 Å². The van der Waals surface area contributed by atoms with Crippen LogP contribution in [0.15, 0.2) is 29.3 Å². The summed E-state index contributed by atoms with van der Waals surface area (Å²) in [5, 5.41) is 0. The molecule has 1 aliphatic heterocycles. The summed E-state index contributed by atoms with van der Waals surface area (Å²) in [5.74, 6) is 1.33. The molecule has 0 unspecified atom stereocenters. The summed E-state index contributed by atoms with van der Waals surface area (Å²) in [6.07, 6.45) is 3.18. The lowest BCUT2D eigenvalue weighted by molar-refractivity contribution is -0.131. The minimum absolute atomic E-state index is 0.217. The van der Waals surface area contributed by atoms with E-state index in [0.29, 0.717) is 35.8 Å². The number of piperidine rings is 1. The van der Waals surface area contributed by atoms with Gasteiger partial charge >= 0.3 is 0 Å². The lowest BCUT2D eigenvalue weighted by atomic mass is 10.1. The summed E-state index contributed by atoms with van der Waals surface area (Å²) in [7, 11) is 3.59. The Kier molecular flexibility index (Phi) is 4.88. The van der Waals surface area contributed by atoms with Crippen molar-refractivity contribution in [2.45, 2.75) is 26.3 Å². The number of rotatable bonds is 5. The van der Waals surface area contributed by atoms with Crippen LogP contribution in [0.3, 0.4) is 0 Å². The first-order valence-electron chi connectivity index (χ1n) is 9.96. The fourth-order valence-electron chi connectivity index (χ4n) is 4.45. The van der Waals surface area contributed by atoms with Gasteiger partial charge in [0.25, 0.3) is 5.56 Å². The molecule has 8 heteroatoms. The van der Waals surface area contributed by atoms with Crippen molar-refractivity contribution in [1.29, 1.82) is 0 Å². The molecular weight excluding hydrogens is 373 g/mol. The summed E-state index contributed by atoms with van der Waals surface area (Å²) in [5.41, 5.74) is 0.316. The van der Waals surface area contributed by atoms with Gasteiger partial charge in [0.15, 0.2) is 5.82 Å². The predicted octanol–water partition coefficient (Wildman–Crippen LogP) is 1.92. The maximum atomic E-state index is 14.1. The number of carbonyl (C=O) groups excluding carboxylic acids is 1. The van der Waals surface area contributed by atoms with E-state index >= 15 is 0 Å². The van der Waals surface area contributed by atoms with Crippen LogP contribution in [0, 0.1) is 23.6 Å². The van der Waals surface area contributed by atoms with Gasteiger partial charge in [-0.15, -0.1) is 0 Å². The van der Waals surface area contributed by atoms with Crippen molar-refractivity contribution in [3.8, 4) is 11.3 Å². The first-order valence-corrected chi connectivity index (χ1v) is 9.96. The summed E-state index contributed by atoms with van der Waals surface area (Å²) >= 11 is 0. The number of anilines is 1. The minimum Gasteiger partial charge on any atom is -0.342 e. The Balaban J connectivity index is 1.54. The fraction of sp³-hybridized carbons (Fsp3) is 0.524.